The van der Waals surface area contributed by atoms with Gasteiger partial charge in [0.1, 0.15) is 5.82 Å². The van der Waals surface area contributed by atoms with E-state index in [4.69, 9.17) is 5.73 Å². The average Bonchev–Trinajstić information content (AvgIpc) is 2.94. The molecule has 0 fully saturated rings. The third kappa shape index (κ3) is 4.98. The first kappa shape index (κ1) is 20.0. The molecule has 4 N–H and O–H groups in total. The Bertz CT molecular complexity index is 738. The number of anilines is 2. The molecule has 1 atom stereocenters. The zero-order valence-electron chi connectivity index (χ0n) is 13.1. The van der Waals surface area contributed by atoms with Crippen LogP contribution in [0.4, 0.5) is 15.2 Å². The van der Waals surface area contributed by atoms with Crippen molar-refractivity contribution in [3.63, 3.8) is 0 Å². The van der Waals surface area contributed by atoms with E-state index >= 15 is 0 Å². The highest BCUT2D eigenvalue weighted by molar-refractivity contribution is 7.14. The van der Waals surface area contributed by atoms with Crippen molar-refractivity contribution in [2.75, 3.05) is 17.2 Å². The number of nitrogens with zero attached hydrogens (tertiary/aromatic N) is 1. The first-order chi connectivity index (χ1) is 10.9. The van der Waals surface area contributed by atoms with Crippen molar-refractivity contribution >= 4 is 46.4 Å². The van der Waals surface area contributed by atoms with Crippen LogP contribution in [0.5, 0.6) is 0 Å². The quantitative estimate of drug-likeness (QED) is 0.751. The lowest BCUT2D eigenvalue weighted by atomic mass is 10.1. The van der Waals surface area contributed by atoms with Gasteiger partial charge in [-0.1, -0.05) is 6.92 Å². The first-order valence-corrected chi connectivity index (χ1v) is 7.82. The molecule has 0 bridgehead atoms. The van der Waals surface area contributed by atoms with E-state index in [-0.39, 0.29) is 36.7 Å². The Morgan fingerprint density at radius 1 is 1.38 bits per heavy atom. The van der Waals surface area contributed by atoms with E-state index in [0.29, 0.717) is 22.1 Å². The number of halogens is 2. The molecule has 24 heavy (non-hydrogen) atoms. The molecule has 2 aromatic rings. The molecule has 130 valence electrons. The van der Waals surface area contributed by atoms with Crippen LogP contribution in [0.2, 0.25) is 0 Å². The predicted molar refractivity (Wildman–Crippen MR) is 95.9 cm³/mol. The van der Waals surface area contributed by atoms with Crippen LogP contribution in [0.25, 0.3) is 11.3 Å². The van der Waals surface area contributed by atoms with Crippen LogP contribution in [-0.4, -0.2) is 23.3 Å². The highest BCUT2D eigenvalue weighted by atomic mass is 35.5. The largest absolute Gasteiger partial charge is 0.330 e. The SMILES string of the molecule is CC(=O)Nc1ccc(-c2csc(NC(=O)C(C)CN)n2)c(F)c1.Cl. The Kier molecular flexibility index (Phi) is 7.27. The number of hydrogen-bond donors (Lipinski definition) is 3. The number of hydrogen-bond acceptors (Lipinski definition) is 5. The van der Waals surface area contributed by atoms with Crippen molar-refractivity contribution in [2.24, 2.45) is 11.7 Å². The maximum absolute atomic E-state index is 14.2. The van der Waals surface area contributed by atoms with E-state index in [9.17, 15) is 14.0 Å². The van der Waals surface area contributed by atoms with Crippen LogP contribution < -0.4 is 16.4 Å². The van der Waals surface area contributed by atoms with Gasteiger partial charge in [0.25, 0.3) is 0 Å². The minimum atomic E-state index is -0.505. The van der Waals surface area contributed by atoms with E-state index in [2.05, 4.69) is 15.6 Å². The molecule has 0 saturated carbocycles. The first-order valence-electron chi connectivity index (χ1n) is 6.94. The number of aromatic nitrogens is 1. The summed E-state index contributed by atoms with van der Waals surface area (Å²) >= 11 is 1.20. The Labute approximate surface area is 149 Å². The number of carbonyl (C=O) groups excluding carboxylic acids is 2. The Morgan fingerprint density at radius 2 is 2.08 bits per heavy atom. The summed E-state index contributed by atoms with van der Waals surface area (Å²) in [7, 11) is 0. The standard InChI is InChI=1S/C15H17FN4O2S.ClH/c1-8(6-17)14(22)20-15-19-13(7-23-15)11-4-3-10(5-12(11)16)18-9(2)21;/h3-5,7-8H,6,17H2,1-2H3,(H,18,21)(H,19,20,22);1H. The molecule has 1 heterocycles. The van der Waals surface area contributed by atoms with Crippen molar-refractivity contribution in [1.82, 2.24) is 4.98 Å². The van der Waals surface area contributed by atoms with Gasteiger partial charge < -0.3 is 16.4 Å². The molecule has 9 heteroatoms. The van der Waals surface area contributed by atoms with E-state index < -0.39 is 5.82 Å². The summed E-state index contributed by atoms with van der Waals surface area (Å²) in [6, 6.07) is 4.35. The molecule has 2 rings (SSSR count). The minimum absolute atomic E-state index is 0. The zero-order chi connectivity index (χ0) is 17.0. The minimum Gasteiger partial charge on any atom is -0.330 e. The fourth-order valence-corrected chi connectivity index (χ4v) is 2.51. The molecule has 1 aromatic heterocycles. The number of nitrogens with one attached hydrogen (secondary N) is 2. The van der Waals surface area contributed by atoms with Gasteiger partial charge in [-0.05, 0) is 18.2 Å². The molecule has 6 nitrogen and oxygen atoms in total. The molecule has 0 aliphatic rings. The summed E-state index contributed by atoms with van der Waals surface area (Å²) in [4.78, 5) is 26.9. The van der Waals surface area contributed by atoms with Crippen LogP contribution in [-0.2, 0) is 9.59 Å². The second-order valence-electron chi connectivity index (χ2n) is 5.04. The highest BCUT2D eigenvalue weighted by Crippen LogP contribution is 2.28. The van der Waals surface area contributed by atoms with Gasteiger partial charge in [0.2, 0.25) is 11.8 Å². The number of amides is 2. The van der Waals surface area contributed by atoms with Crippen LogP contribution in [0.1, 0.15) is 13.8 Å². The smallest absolute Gasteiger partial charge is 0.230 e. The van der Waals surface area contributed by atoms with Crippen LogP contribution >= 0.6 is 23.7 Å². The number of nitrogens with two attached hydrogens (primary N) is 1. The van der Waals surface area contributed by atoms with Gasteiger partial charge in [0, 0.05) is 36.0 Å². The molecule has 2 amide bonds. The fourth-order valence-electron chi connectivity index (χ4n) is 1.79. The van der Waals surface area contributed by atoms with Gasteiger partial charge in [-0.3, -0.25) is 9.59 Å². The van der Waals surface area contributed by atoms with Gasteiger partial charge in [-0.2, -0.15) is 0 Å². The lowest BCUT2D eigenvalue weighted by Crippen LogP contribution is -2.26. The number of thiazole rings is 1. The lowest BCUT2D eigenvalue weighted by molar-refractivity contribution is -0.119. The van der Waals surface area contributed by atoms with Crippen molar-refractivity contribution < 1.29 is 14.0 Å². The summed E-state index contributed by atoms with van der Waals surface area (Å²) in [5, 5.41) is 7.19. The van der Waals surface area contributed by atoms with Crippen molar-refractivity contribution in [3.05, 3.63) is 29.4 Å². The normalized spacial score (nSPS) is 11.3. The second-order valence-corrected chi connectivity index (χ2v) is 5.90. The molecule has 1 unspecified atom stereocenters. The third-order valence-corrected chi connectivity index (χ3v) is 3.86. The number of carbonyl (C=O) groups is 2. The monoisotopic (exact) mass is 372 g/mol. The van der Waals surface area contributed by atoms with Gasteiger partial charge >= 0.3 is 0 Å². The van der Waals surface area contributed by atoms with E-state index in [1.54, 1.807) is 18.4 Å². The van der Waals surface area contributed by atoms with Crippen LogP contribution in [0.15, 0.2) is 23.6 Å². The predicted octanol–water partition coefficient (Wildman–Crippen LogP) is 2.86. The molecular weight excluding hydrogens is 355 g/mol. The topological polar surface area (TPSA) is 97.1 Å². The van der Waals surface area contributed by atoms with Crippen LogP contribution in [0.3, 0.4) is 0 Å². The van der Waals surface area contributed by atoms with Crippen molar-refractivity contribution in [3.8, 4) is 11.3 Å². The molecule has 0 saturated heterocycles. The van der Waals surface area contributed by atoms with Crippen molar-refractivity contribution in [2.45, 2.75) is 13.8 Å². The van der Waals surface area contributed by atoms with E-state index in [0.717, 1.165) is 0 Å². The Balaban J connectivity index is 0.00000288. The van der Waals surface area contributed by atoms with Gasteiger partial charge in [-0.15, -0.1) is 23.7 Å². The maximum Gasteiger partial charge on any atom is 0.230 e. The molecule has 0 aliphatic carbocycles. The molecular formula is C15H18ClFN4O2S. The average molecular weight is 373 g/mol. The molecule has 0 spiro atoms. The summed E-state index contributed by atoms with van der Waals surface area (Å²) < 4.78 is 14.2. The van der Waals surface area contributed by atoms with Gasteiger partial charge in [0.15, 0.2) is 5.13 Å². The summed E-state index contributed by atoms with van der Waals surface area (Å²) in [5.74, 6) is -1.33. The fraction of sp³-hybridized carbons (Fsp3) is 0.267. The summed E-state index contributed by atoms with van der Waals surface area (Å²) in [6.45, 7) is 3.30. The second kappa shape index (κ2) is 8.72. The maximum atomic E-state index is 14.2. The van der Waals surface area contributed by atoms with Gasteiger partial charge in [-0.25, -0.2) is 9.37 Å². The highest BCUT2D eigenvalue weighted by Gasteiger charge is 2.15. The third-order valence-electron chi connectivity index (χ3n) is 3.10. The Hall–Kier alpha value is -2.03. The van der Waals surface area contributed by atoms with Gasteiger partial charge in [0.05, 0.1) is 5.69 Å². The van der Waals surface area contributed by atoms with E-state index in [1.807, 2.05) is 0 Å². The summed E-state index contributed by atoms with van der Waals surface area (Å²) in [6.07, 6.45) is 0. The molecule has 1 aromatic carbocycles. The molecule has 0 radical (unpaired) electrons. The van der Waals surface area contributed by atoms with Crippen LogP contribution in [0, 0.1) is 11.7 Å². The zero-order valence-corrected chi connectivity index (χ0v) is 14.8. The van der Waals surface area contributed by atoms with Crippen molar-refractivity contribution in [1.29, 1.82) is 0 Å². The number of rotatable bonds is 5. The lowest BCUT2D eigenvalue weighted by Gasteiger charge is -2.07. The number of benzene rings is 1. The van der Waals surface area contributed by atoms with E-state index in [1.165, 1.54) is 30.4 Å². The molecule has 0 aliphatic heterocycles. The Morgan fingerprint density at radius 3 is 2.67 bits per heavy atom. The summed E-state index contributed by atoms with van der Waals surface area (Å²) in [5.41, 5.74) is 6.52.